The van der Waals surface area contributed by atoms with E-state index in [1.165, 1.54) is 12.1 Å². The molecule has 1 aliphatic rings. The highest BCUT2D eigenvalue weighted by molar-refractivity contribution is 7.15. The lowest BCUT2D eigenvalue weighted by molar-refractivity contribution is 0.414. The van der Waals surface area contributed by atoms with Gasteiger partial charge in [0.1, 0.15) is 10.8 Å². The number of methoxy groups -OCH3 is 1. The Bertz CT molecular complexity index is 601. The van der Waals surface area contributed by atoms with Gasteiger partial charge in [0.2, 0.25) is 5.13 Å². The van der Waals surface area contributed by atoms with Crippen molar-refractivity contribution in [2.24, 2.45) is 5.92 Å². The average molecular weight is 304 g/mol. The first-order chi connectivity index (χ1) is 10.3. The van der Waals surface area contributed by atoms with E-state index in [9.17, 15) is 0 Å². The maximum Gasteiger partial charge on any atom is 0.205 e. The second-order valence-corrected chi connectivity index (χ2v) is 6.46. The summed E-state index contributed by atoms with van der Waals surface area (Å²) in [4.78, 5) is 2.40. The van der Waals surface area contributed by atoms with Gasteiger partial charge in [-0.25, -0.2) is 0 Å². The van der Waals surface area contributed by atoms with Gasteiger partial charge in [-0.1, -0.05) is 23.5 Å². The summed E-state index contributed by atoms with van der Waals surface area (Å²) in [7, 11) is 1.73. The molecule has 1 N–H and O–H groups in total. The fourth-order valence-electron chi connectivity index (χ4n) is 2.71. The largest absolute Gasteiger partial charge is 0.495 e. The maximum absolute atomic E-state index is 5.45. The Morgan fingerprint density at radius 1 is 1.38 bits per heavy atom. The number of benzene rings is 1. The van der Waals surface area contributed by atoms with Gasteiger partial charge in [0.05, 0.1) is 12.8 Å². The number of ether oxygens (including phenoxy) is 1. The number of aryl methyl sites for hydroxylation is 1. The van der Waals surface area contributed by atoms with E-state index in [0.717, 1.165) is 35.5 Å². The van der Waals surface area contributed by atoms with Crippen LogP contribution in [0, 0.1) is 12.8 Å². The van der Waals surface area contributed by atoms with Crippen LogP contribution in [0.5, 0.6) is 5.75 Å². The summed E-state index contributed by atoms with van der Waals surface area (Å²) < 4.78 is 5.45. The number of nitrogens with zero attached hydrogens (tertiary/aromatic N) is 3. The van der Waals surface area contributed by atoms with Crippen molar-refractivity contribution in [3.63, 3.8) is 0 Å². The van der Waals surface area contributed by atoms with Crippen LogP contribution in [-0.4, -0.2) is 36.9 Å². The molecular formula is C15H20N4OS. The van der Waals surface area contributed by atoms with Crippen LogP contribution in [0.2, 0.25) is 0 Å². The van der Waals surface area contributed by atoms with Gasteiger partial charge in [0, 0.05) is 19.6 Å². The lowest BCUT2D eigenvalue weighted by Gasteiger charge is -2.21. The third-order valence-corrected chi connectivity index (χ3v) is 4.58. The van der Waals surface area contributed by atoms with Crippen LogP contribution in [0.4, 0.5) is 10.8 Å². The third-order valence-electron chi connectivity index (χ3n) is 3.78. The predicted octanol–water partition coefficient (Wildman–Crippen LogP) is 2.79. The number of rotatable bonds is 5. The van der Waals surface area contributed by atoms with Crippen LogP contribution in [0.15, 0.2) is 24.3 Å². The van der Waals surface area contributed by atoms with Crippen LogP contribution in [0.3, 0.4) is 0 Å². The van der Waals surface area contributed by atoms with Crippen molar-refractivity contribution in [2.75, 3.05) is 37.0 Å². The number of hydrogen-bond donors (Lipinski definition) is 1. The van der Waals surface area contributed by atoms with E-state index >= 15 is 0 Å². The first-order valence-electron chi connectivity index (χ1n) is 7.18. The molecule has 1 saturated heterocycles. The Balaban J connectivity index is 1.58. The standard InChI is InChI=1S/C15H20N4OS/c1-11-17-18-15(21-11)16-9-12-7-8-19(10-12)13-5-3-4-6-14(13)20-2/h3-6,12H,7-10H2,1-2H3,(H,16,18). The van der Waals surface area contributed by atoms with Gasteiger partial charge in [0.25, 0.3) is 0 Å². The maximum atomic E-state index is 5.45. The first-order valence-corrected chi connectivity index (χ1v) is 8.00. The fraction of sp³-hybridized carbons (Fsp3) is 0.467. The zero-order valence-corrected chi connectivity index (χ0v) is 13.2. The fourth-order valence-corrected chi connectivity index (χ4v) is 3.31. The zero-order valence-electron chi connectivity index (χ0n) is 12.4. The second-order valence-electron chi connectivity index (χ2n) is 5.28. The monoisotopic (exact) mass is 304 g/mol. The quantitative estimate of drug-likeness (QED) is 0.920. The average Bonchev–Trinajstić information content (AvgIpc) is 3.14. The molecule has 2 heterocycles. The van der Waals surface area contributed by atoms with Gasteiger partial charge in [-0.3, -0.25) is 0 Å². The highest BCUT2D eigenvalue weighted by atomic mass is 32.1. The zero-order chi connectivity index (χ0) is 14.7. The summed E-state index contributed by atoms with van der Waals surface area (Å²) in [5.74, 6) is 1.57. The van der Waals surface area contributed by atoms with Crippen molar-refractivity contribution < 1.29 is 4.74 Å². The molecule has 0 radical (unpaired) electrons. The molecule has 6 heteroatoms. The van der Waals surface area contributed by atoms with Crippen LogP contribution < -0.4 is 15.0 Å². The number of hydrogen-bond acceptors (Lipinski definition) is 6. The molecule has 1 fully saturated rings. The second kappa shape index (κ2) is 6.30. The van der Waals surface area contributed by atoms with Crippen LogP contribution in [0.1, 0.15) is 11.4 Å². The van der Waals surface area contributed by atoms with E-state index in [1.807, 2.05) is 19.1 Å². The topological polar surface area (TPSA) is 50.3 Å². The van der Waals surface area contributed by atoms with Crippen LogP contribution in [0.25, 0.3) is 0 Å². The van der Waals surface area contributed by atoms with E-state index < -0.39 is 0 Å². The van der Waals surface area contributed by atoms with E-state index in [-0.39, 0.29) is 0 Å². The van der Waals surface area contributed by atoms with Gasteiger partial charge in [-0.15, -0.1) is 10.2 Å². The smallest absolute Gasteiger partial charge is 0.205 e. The van der Waals surface area contributed by atoms with E-state index in [1.54, 1.807) is 18.4 Å². The summed E-state index contributed by atoms with van der Waals surface area (Å²) in [6.45, 7) is 5.04. The number of anilines is 2. The van der Waals surface area contributed by atoms with Crippen molar-refractivity contribution in [3.05, 3.63) is 29.3 Å². The van der Waals surface area contributed by atoms with Crippen molar-refractivity contribution in [3.8, 4) is 5.75 Å². The van der Waals surface area contributed by atoms with E-state index in [0.29, 0.717) is 5.92 Å². The van der Waals surface area contributed by atoms with Gasteiger partial charge >= 0.3 is 0 Å². The van der Waals surface area contributed by atoms with E-state index in [4.69, 9.17) is 4.74 Å². The number of aromatic nitrogens is 2. The summed E-state index contributed by atoms with van der Waals surface area (Å²) in [6, 6.07) is 8.22. The summed E-state index contributed by atoms with van der Waals surface area (Å²) >= 11 is 1.61. The Morgan fingerprint density at radius 2 is 2.24 bits per heavy atom. The predicted molar refractivity (Wildman–Crippen MR) is 86.4 cm³/mol. The van der Waals surface area contributed by atoms with Crippen molar-refractivity contribution in [1.82, 2.24) is 10.2 Å². The molecule has 21 heavy (non-hydrogen) atoms. The molecule has 3 rings (SSSR count). The highest BCUT2D eigenvalue weighted by Crippen LogP contribution is 2.32. The van der Waals surface area contributed by atoms with E-state index in [2.05, 4.69) is 32.5 Å². The number of para-hydroxylation sites is 2. The molecule has 1 aliphatic heterocycles. The van der Waals surface area contributed by atoms with Crippen molar-refractivity contribution in [2.45, 2.75) is 13.3 Å². The van der Waals surface area contributed by atoms with Gasteiger partial charge in [-0.05, 0) is 31.4 Å². The molecule has 1 atom stereocenters. The molecule has 0 amide bonds. The van der Waals surface area contributed by atoms with Gasteiger partial charge in [0.15, 0.2) is 0 Å². The molecule has 2 aromatic rings. The van der Waals surface area contributed by atoms with Crippen molar-refractivity contribution >= 4 is 22.2 Å². The molecule has 1 aromatic heterocycles. The lowest BCUT2D eigenvalue weighted by atomic mass is 10.1. The molecule has 0 saturated carbocycles. The Hall–Kier alpha value is -1.82. The molecular weight excluding hydrogens is 284 g/mol. The van der Waals surface area contributed by atoms with Crippen LogP contribution in [-0.2, 0) is 0 Å². The molecule has 0 spiro atoms. The minimum Gasteiger partial charge on any atom is -0.495 e. The molecule has 5 nitrogen and oxygen atoms in total. The molecule has 112 valence electrons. The summed E-state index contributed by atoms with van der Waals surface area (Å²) in [6.07, 6.45) is 1.18. The molecule has 0 aliphatic carbocycles. The molecule has 1 aromatic carbocycles. The van der Waals surface area contributed by atoms with Gasteiger partial charge in [-0.2, -0.15) is 0 Å². The minimum absolute atomic E-state index is 0.624. The minimum atomic E-state index is 0.624. The summed E-state index contributed by atoms with van der Waals surface area (Å²) in [5, 5.41) is 13.4. The molecule has 1 unspecified atom stereocenters. The van der Waals surface area contributed by atoms with Gasteiger partial charge < -0.3 is 15.0 Å². The lowest BCUT2D eigenvalue weighted by Crippen LogP contribution is -2.22. The third kappa shape index (κ3) is 3.26. The SMILES string of the molecule is COc1ccccc1N1CCC(CNc2nnc(C)s2)C1. The normalized spacial score (nSPS) is 18.0. The van der Waals surface area contributed by atoms with Crippen molar-refractivity contribution in [1.29, 1.82) is 0 Å². The summed E-state index contributed by atoms with van der Waals surface area (Å²) in [5.41, 5.74) is 1.19. The Labute approximate surface area is 129 Å². The number of nitrogens with one attached hydrogen (secondary N) is 1. The molecule has 0 bridgehead atoms. The first kappa shape index (κ1) is 14.1. The Kier molecular flexibility index (Phi) is 4.24. The Morgan fingerprint density at radius 3 is 3.00 bits per heavy atom. The van der Waals surface area contributed by atoms with Crippen LogP contribution >= 0.6 is 11.3 Å². The highest BCUT2D eigenvalue weighted by Gasteiger charge is 2.24.